The van der Waals surface area contributed by atoms with E-state index >= 15 is 0 Å². The van der Waals surface area contributed by atoms with Crippen LogP contribution in [0, 0.1) is 6.92 Å². The first kappa shape index (κ1) is 18.5. The van der Waals surface area contributed by atoms with E-state index < -0.39 is 0 Å². The number of carbonyl (C=O) groups excluding carboxylic acids is 1. The number of nitrogen functional groups attached to an aromatic ring is 1. The van der Waals surface area contributed by atoms with Gasteiger partial charge in [-0.3, -0.25) is 4.79 Å². The predicted octanol–water partition coefficient (Wildman–Crippen LogP) is 2.03. The van der Waals surface area contributed by atoms with Gasteiger partial charge in [0.15, 0.2) is 0 Å². The molecule has 0 bridgehead atoms. The molecule has 1 atom stereocenters. The van der Waals surface area contributed by atoms with Crippen LogP contribution in [-0.4, -0.2) is 50.4 Å². The van der Waals surface area contributed by atoms with Crippen LogP contribution in [-0.2, 0) is 16.0 Å². The van der Waals surface area contributed by atoms with Gasteiger partial charge in [-0.2, -0.15) is 0 Å². The van der Waals surface area contributed by atoms with Crippen molar-refractivity contribution >= 4 is 23.2 Å². The zero-order chi connectivity index (χ0) is 19.5. The SMILES string of the molecule is Cc1nc(CC(=O)N2CCOC(c3cccc(-c4cnc(N)nc4)n3)C2)cs1. The average Bonchev–Trinajstić information content (AvgIpc) is 3.13. The molecule has 4 rings (SSSR count). The predicted molar refractivity (Wildman–Crippen MR) is 106 cm³/mol. The third kappa shape index (κ3) is 4.15. The van der Waals surface area contributed by atoms with Gasteiger partial charge in [-0.05, 0) is 19.1 Å². The number of nitrogens with zero attached hydrogens (tertiary/aromatic N) is 5. The number of morpholine rings is 1. The minimum atomic E-state index is -0.274. The minimum Gasteiger partial charge on any atom is -0.368 e. The number of ether oxygens (including phenoxy) is 1. The van der Waals surface area contributed by atoms with E-state index in [1.54, 1.807) is 23.7 Å². The summed E-state index contributed by atoms with van der Waals surface area (Å²) in [6.45, 7) is 3.46. The van der Waals surface area contributed by atoms with Crippen LogP contribution in [0.3, 0.4) is 0 Å². The molecule has 144 valence electrons. The number of nitrogens with two attached hydrogens (primary N) is 1. The van der Waals surface area contributed by atoms with Crippen molar-refractivity contribution in [3.63, 3.8) is 0 Å². The summed E-state index contributed by atoms with van der Waals surface area (Å²) in [5.74, 6) is 0.279. The lowest BCUT2D eigenvalue weighted by Gasteiger charge is -2.32. The van der Waals surface area contributed by atoms with Gasteiger partial charge in [0, 0.05) is 29.9 Å². The summed E-state index contributed by atoms with van der Waals surface area (Å²) < 4.78 is 5.89. The Balaban J connectivity index is 1.47. The van der Waals surface area contributed by atoms with Gasteiger partial charge < -0.3 is 15.4 Å². The van der Waals surface area contributed by atoms with Gasteiger partial charge in [0.1, 0.15) is 6.10 Å². The first-order chi connectivity index (χ1) is 13.6. The molecule has 1 aliphatic rings. The summed E-state index contributed by atoms with van der Waals surface area (Å²) in [7, 11) is 0. The molecule has 0 radical (unpaired) electrons. The van der Waals surface area contributed by atoms with Crippen LogP contribution in [0.25, 0.3) is 11.3 Å². The van der Waals surface area contributed by atoms with Crippen molar-refractivity contribution in [3.8, 4) is 11.3 Å². The number of aryl methyl sites for hydroxylation is 1. The Labute approximate surface area is 166 Å². The molecule has 1 unspecified atom stereocenters. The van der Waals surface area contributed by atoms with E-state index in [4.69, 9.17) is 10.5 Å². The third-order valence-corrected chi connectivity index (χ3v) is 5.31. The number of thiazole rings is 1. The first-order valence-electron chi connectivity index (χ1n) is 8.94. The fourth-order valence-electron chi connectivity index (χ4n) is 3.07. The molecule has 3 aromatic heterocycles. The minimum absolute atomic E-state index is 0.0571. The number of aromatic nitrogens is 4. The number of rotatable bonds is 4. The molecule has 1 aliphatic heterocycles. The van der Waals surface area contributed by atoms with Crippen molar-refractivity contribution in [1.82, 2.24) is 24.8 Å². The molecule has 9 heteroatoms. The van der Waals surface area contributed by atoms with E-state index in [0.29, 0.717) is 26.1 Å². The largest absolute Gasteiger partial charge is 0.368 e. The molecule has 1 fully saturated rings. The van der Waals surface area contributed by atoms with Crippen LogP contribution < -0.4 is 5.73 Å². The Hall–Kier alpha value is -2.91. The lowest BCUT2D eigenvalue weighted by molar-refractivity contribution is -0.138. The second-order valence-corrected chi connectivity index (χ2v) is 7.57. The van der Waals surface area contributed by atoms with Crippen molar-refractivity contribution in [2.75, 3.05) is 25.4 Å². The Morgan fingerprint density at radius 2 is 2.14 bits per heavy atom. The standard InChI is InChI=1S/C19H20N6O2S/c1-12-23-14(11-28-12)7-18(26)25-5-6-27-17(10-25)16-4-2-3-15(24-16)13-8-21-19(20)22-9-13/h2-4,8-9,11,17H,5-7,10H2,1H3,(H2,20,21,22). The molecule has 8 nitrogen and oxygen atoms in total. The van der Waals surface area contributed by atoms with Gasteiger partial charge in [0.2, 0.25) is 11.9 Å². The molecule has 1 amide bonds. The summed E-state index contributed by atoms with van der Waals surface area (Å²) in [5.41, 5.74) is 8.66. The second kappa shape index (κ2) is 7.99. The molecule has 28 heavy (non-hydrogen) atoms. The fraction of sp³-hybridized carbons (Fsp3) is 0.316. The van der Waals surface area contributed by atoms with Crippen molar-refractivity contribution in [2.45, 2.75) is 19.4 Å². The normalized spacial score (nSPS) is 16.9. The second-order valence-electron chi connectivity index (χ2n) is 6.51. The molecule has 0 saturated carbocycles. The van der Waals surface area contributed by atoms with Gasteiger partial charge >= 0.3 is 0 Å². The maximum atomic E-state index is 12.7. The van der Waals surface area contributed by atoms with Gasteiger partial charge in [-0.1, -0.05) is 6.07 Å². The lowest BCUT2D eigenvalue weighted by Crippen LogP contribution is -2.43. The van der Waals surface area contributed by atoms with E-state index in [2.05, 4.69) is 19.9 Å². The monoisotopic (exact) mass is 396 g/mol. The Morgan fingerprint density at radius 3 is 2.89 bits per heavy atom. The van der Waals surface area contributed by atoms with Crippen LogP contribution in [0.2, 0.25) is 0 Å². The maximum absolute atomic E-state index is 12.7. The molecular weight excluding hydrogens is 376 g/mol. The third-order valence-electron chi connectivity index (χ3n) is 4.49. The van der Waals surface area contributed by atoms with Crippen molar-refractivity contribution in [1.29, 1.82) is 0 Å². The highest BCUT2D eigenvalue weighted by Gasteiger charge is 2.27. The first-order valence-corrected chi connectivity index (χ1v) is 9.81. The summed E-state index contributed by atoms with van der Waals surface area (Å²) >= 11 is 1.56. The fourth-order valence-corrected chi connectivity index (χ4v) is 3.69. The topological polar surface area (TPSA) is 107 Å². The van der Waals surface area contributed by atoms with E-state index in [1.165, 1.54) is 0 Å². The molecule has 0 aromatic carbocycles. The molecule has 2 N–H and O–H groups in total. The number of hydrogen-bond acceptors (Lipinski definition) is 8. The van der Waals surface area contributed by atoms with Crippen molar-refractivity contribution in [2.24, 2.45) is 0 Å². The molecular formula is C19H20N6O2S. The lowest BCUT2D eigenvalue weighted by atomic mass is 10.1. The van der Waals surface area contributed by atoms with Gasteiger partial charge in [-0.25, -0.2) is 19.9 Å². The smallest absolute Gasteiger partial charge is 0.228 e. The number of pyridine rings is 1. The molecule has 0 aliphatic carbocycles. The molecule has 0 spiro atoms. The quantitative estimate of drug-likeness (QED) is 0.719. The number of carbonyl (C=O) groups is 1. The number of amides is 1. The summed E-state index contributed by atoms with van der Waals surface area (Å²) in [6, 6.07) is 5.70. The van der Waals surface area contributed by atoms with Gasteiger partial charge in [0.25, 0.3) is 0 Å². The Bertz CT molecular complexity index is 975. The molecule has 3 aromatic rings. The van der Waals surface area contributed by atoms with E-state index in [1.807, 2.05) is 35.4 Å². The Morgan fingerprint density at radius 1 is 1.32 bits per heavy atom. The van der Waals surface area contributed by atoms with E-state index in [0.717, 1.165) is 27.7 Å². The highest BCUT2D eigenvalue weighted by Crippen LogP contribution is 2.24. The van der Waals surface area contributed by atoms with Crippen molar-refractivity contribution < 1.29 is 9.53 Å². The average molecular weight is 396 g/mol. The highest BCUT2D eigenvalue weighted by molar-refractivity contribution is 7.09. The van der Waals surface area contributed by atoms with Crippen LogP contribution in [0.5, 0.6) is 0 Å². The zero-order valence-electron chi connectivity index (χ0n) is 15.4. The number of anilines is 1. The van der Waals surface area contributed by atoms with Crippen LogP contribution in [0.1, 0.15) is 22.5 Å². The Kier molecular flexibility index (Phi) is 5.27. The van der Waals surface area contributed by atoms with Crippen LogP contribution >= 0.6 is 11.3 Å². The molecule has 4 heterocycles. The van der Waals surface area contributed by atoms with Gasteiger partial charge in [0.05, 0.1) is 41.7 Å². The van der Waals surface area contributed by atoms with Gasteiger partial charge in [-0.15, -0.1) is 11.3 Å². The summed E-state index contributed by atoms with van der Waals surface area (Å²) in [6.07, 6.45) is 3.32. The summed E-state index contributed by atoms with van der Waals surface area (Å²) in [4.78, 5) is 31.6. The highest BCUT2D eigenvalue weighted by atomic mass is 32.1. The molecule has 1 saturated heterocycles. The number of hydrogen-bond donors (Lipinski definition) is 1. The summed E-state index contributed by atoms with van der Waals surface area (Å²) in [5, 5.41) is 2.90. The van der Waals surface area contributed by atoms with Crippen LogP contribution in [0.15, 0.2) is 36.0 Å². The maximum Gasteiger partial charge on any atom is 0.228 e. The zero-order valence-corrected chi connectivity index (χ0v) is 16.2. The van der Waals surface area contributed by atoms with E-state index in [-0.39, 0.29) is 18.0 Å². The van der Waals surface area contributed by atoms with E-state index in [9.17, 15) is 4.79 Å². The van der Waals surface area contributed by atoms with Crippen molar-refractivity contribution in [3.05, 3.63) is 52.4 Å². The van der Waals surface area contributed by atoms with Crippen LogP contribution in [0.4, 0.5) is 5.95 Å².